The number of benzene rings is 1. The standard InChI is InChI=1S/C18H28ClNOS/c1-4-7-8-14(5-2)13-20-18(21)17(6-3)22-16-11-9-15(19)10-12-16/h9-12,14,17H,4-8,13H2,1-3H3,(H,20,21). The maximum Gasteiger partial charge on any atom is 0.233 e. The lowest BCUT2D eigenvalue weighted by atomic mass is 9.99. The van der Waals surface area contributed by atoms with Gasteiger partial charge in [0.1, 0.15) is 0 Å². The van der Waals surface area contributed by atoms with Gasteiger partial charge in [-0.15, -0.1) is 11.8 Å². The second-order valence-corrected chi connectivity index (χ2v) is 7.34. The Morgan fingerprint density at radius 1 is 1.18 bits per heavy atom. The van der Waals surface area contributed by atoms with Gasteiger partial charge >= 0.3 is 0 Å². The average molecular weight is 342 g/mol. The van der Waals surface area contributed by atoms with Gasteiger partial charge in [-0.3, -0.25) is 4.79 Å². The summed E-state index contributed by atoms with van der Waals surface area (Å²) in [5.41, 5.74) is 0. The summed E-state index contributed by atoms with van der Waals surface area (Å²) in [7, 11) is 0. The van der Waals surface area contributed by atoms with Crippen molar-refractivity contribution in [2.24, 2.45) is 5.92 Å². The molecule has 0 aliphatic rings. The number of unbranched alkanes of at least 4 members (excludes halogenated alkanes) is 1. The Morgan fingerprint density at radius 2 is 1.86 bits per heavy atom. The third-order valence-corrected chi connectivity index (χ3v) is 5.49. The second kappa shape index (κ2) is 11.0. The number of amides is 1. The first-order valence-electron chi connectivity index (χ1n) is 8.30. The first-order chi connectivity index (χ1) is 10.6. The molecule has 0 fully saturated rings. The van der Waals surface area contributed by atoms with Crippen LogP contribution in [0.2, 0.25) is 5.02 Å². The molecule has 2 unspecified atom stereocenters. The Bertz CT molecular complexity index is 435. The summed E-state index contributed by atoms with van der Waals surface area (Å²) < 4.78 is 0. The van der Waals surface area contributed by atoms with E-state index in [1.807, 2.05) is 24.3 Å². The summed E-state index contributed by atoms with van der Waals surface area (Å²) in [4.78, 5) is 13.5. The van der Waals surface area contributed by atoms with Crippen molar-refractivity contribution >= 4 is 29.3 Å². The van der Waals surface area contributed by atoms with E-state index in [0.29, 0.717) is 5.92 Å². The zero-order valence-corrected chi connectivity index (χ0v) is 15.5. The fourth-order valence-electron chi connectivity index (χ4n) is 2.30. The number of rotatable bonds is 10. The lowest BCUT2D eigenvalue weighted by Gasteiger charge is -2.19. The van der Waals surface area contributed by atoms with Crippen LogP contribution in [-0.2, 0) is 4.79 Å². The largest absolute Gasteiger partial charge is 0.355 e. The summed E-state index contributed by atoms with van der Waals surface area (Å²) in [6.07, 6.45) is 5.61. The van der Waals surface area contributed by atoms with E-state index in [1.54, 1.807) is 11.8 Å². The van der Waals surface area contributed by atoms with Crippen molar-refractivity contribution in [2.45, 2.75) is 63.0 Å². The summed E-state index contributed by atoms with van der Waals surface area (Å²) in [6, 6.07) is 7.68. The van der Waals surface area contributed by atoms with E-state index in [0.717, 1.165) is 29.3 Å². The average Bonchev–Trinajstić information content (AvgIpc) is 2.54. The highest BCUT2D eigenvalue weighted by Crippen LogP contribution is 2.26. The summed E-state index contributed by atoms with van der Waals surface area (Å²) >= 11 is 7.51. The highest BCUT2D eigenvalue weighted by atomic mass is 35.5. The van der Waals surface area contributed by atoms with E-state index in [9.17, 15) is 4.79 Å². The number of carbonyl (C=O) groups is 1. The number of thioether (sulfide) groups is 1. The fraction of sp³-hybridized carbons (Fsp3) is 0.611. The molecule has 2 atom stereocenters. The zero-order chi connectivity index (χ0) is 16.4. The van der Waals surface area contributed by atoms with Gasteiger partial charge in [-0.05, 0) is 43.0 Å². The smallest absolute Gasteiger partial charge is 0.233 e. The Morgan fingerprint density at radius 3 is 2.41 bits per heavy atom. The molecular weight excluding hydrogens is 314 g/mol. The molecule has 1 amide bonds. The van der Waals surface area contributed by atoms with Crippen molar-refractivity contribution in [3.05, 3.63) is 29.3 Å². The Hall–Kier alpha value is -0.670. The SMILES string of the molecule is CCCCC(CC)CNC(=O)C(CC)Sc1ccc(Cl)cc1. The highest BCUT2D eigenvalue weighted by Gasteiger charge is 2.18. The minimum Gasteiger partial charge on any atom is -0.355 e. The number of hydrogen-bond acceptors (Lipinski definition) is 2. The quantitative estimate of drug-likeness (QED) is 0.566. The highest BCUT2D eigenvalue weighted by molar-refractivity contribution is 8.00. The van der Waals surface area contributed by atoms with Crippen molar-refractivity contribution in [1.82, 2.24) is 5.32 Å². The van der Waals surface area contributed by atoms with Gasteiger partial charge in [-0.25, -0.2) is 0 Å². The van der Waals surface area contributed by atoms with Gasteiger partial charge < -0.3 is 5.32 Å². The number of nitrogens with one attached hydrogen (secondary N) is 1. The van der Waals surface area contributed by atoms with E-state index in [4.69, 9.17) is 11.6 Å². The number of halogens is 1. The maximum atomic E-state index is 12.4. The number of carbonyl (C=O) groups excluding carboxylic acids is 1. The van der Waals surface area contributed by atoms with Crippen LogP contribution >= 0.6 is 23.4 Å². The molecule has 124 valence electrons. The van der Waals surface area contributed by atoms with Gasteiger partial charge in [0, 0.05) is 16.5 Å². The molecule has 1 rings (SSSR count). The van der Waals surface area contributed by atoms with Crippen molar-refractivity contribution in [3.63, 3.8) is 0 Å². The van der Waals surface area contributed by atoms with Gasteiger partial charge in [0.05, 0.1) is 5.25 Å². The third-order valence-electron chi connectivity index (χ3n) is 3.86. The Labute approximate surface area is 144 Å². The van der Waals surface area contributed by atoms with Crippen LogP contribution in [-0.4, -0.2) is 17.7 Å². The molecule has 22 heavy (non-hydrogen) atoms. The van der Waals surface area contributed by atoms with Gasteiger partial charge in [0.2, 0.25) is 5.91 Å². The molecule has 0 heterocycles. The molecule has 2 nitrogen and oxygen atoms in total. The first kappa shape index (κ1) is 19.4. The van der Waals surface area contributed by atoms with Crippen molar-refractivity contribution in [3.8, 4) is 0 Å². The summed E-state index contributed by atoms with van der Waals surface area (Å²) in [5.74, 6) is 0.749. The lowest BCUT2D eigenvalue weighted by Crippen LogP contribution is -2.35. The van der Waals surface area contributed by atoms with Crippen LogP contribution in [0, 0.1) is 5.92 Å². The minimum absolute atomic E-state index is 0.0372. The monoisotopic (exact) mass is 341 g/mol. The molecular formula is C18H28ClNOS. The van der Waals surface area contributed by atoms with Crippen molar-refractivity contribution in [2.75, 3.05) is 6.54 Å². The Kier molecular flexibility index (Phi) is 9.65. The summed E-state index contributed by atoms with van der Waals surface area (Å²) in [6.45, 7) is 7.27. The predicted octanol–water partition coefficient (Wildman–Crippen LogP) is 5.54. The topological polar surface area (TPSA) is 29.1 Å². The number of hydrogen-bond donors (Lipinski definition) is 1. The third kappa shape index (κ3) is 7.06. The van der Waals surface area contributed by atoms with Crippen LogP contribution in [0.15, 0.2) is 29.2 Å². The van der Waals surface area contributed by atoms with Gasteiger partial charge in [0.25, 0.3) is 0 Å². The van der Waals surface area contributed by atoms with E-state index < -0.39 is 0 Å². The molecule has 0 bridgehead atoms. The second-order valence-electron chi connectivity index (χ2n) is 5.63. The molecule has 0 radical (unpaired) electrons. The molecule has 1 aromatic carbocycles. The van der Waals surface area contributed by atoms with E-state index in [-0.39, 0.29) is 11.2 Å². The van der Waals surface area contributed by atoms with E-state index >= 15 is 0 Å². The molecule has 0 aliphatic heterocycles. The molecule has 0 spiro atoms. The predicted molar refractivity (Wildman–Crippen MR) is 97.7 cm³/mol. The lowest BCUT2D eigenvalue weighted by molar-refractivity contribution is -0.120. The first-order valence-corrected chi connectivity index (χ1v) is 9.56. The van der Waals surface area contributed by atoms with Crippen LogP contribution in [0.3, 0.4) is 0 Å². The summed E-state index contributed by atoms with van der Waals surface area (Å²) in [5, 5.41) is 3.83. The van der Waals surface area contributed by atoms with Crippen LogP contribution in [0.5, 0.6) is 0 Å². The van der Waals surface area contributed by atoms with Crippen molar-refractivity contribution < 1.29 is 4.79 Å². The normalized spacial score (nSPS) is 13.6. The van der Waals surface area contributed by atoms with E-state index in [2.05, 4.69) is 26.1 Å². The van der Waals surface area contributed by atoms with Gasteiger partial charge in [-0.1, -0.05) is 51.6 Å². The maximum absolute atomic E-state index is 12.4. The Balaban J connectivity index is 2.48. The molecule has 0 aromatic heterocycles. The minimum atomic E-state index is -0.0372. The van der Waals surface area contributed by atoms with Crippen LogP contribution in [0.1, 0.15) is 52.9 Å². The van der Waals surface area contributed by atoms with Crippen LogP contribution in [0.25, 0.3) is 0 Å². The van der Waals surface area contributed by atoms with Crippen LogP contribution in [0.4, 0.5) is 0 Å². The van der Waals surface area contributed by atoms with Crippen LogP contribution < -0.4 is 5.32 Å². The van der Waals surface area contributed by atoms with E-state index in [1.165, 1.54) is 19.3 Å². The van der Waals surface area contributed by atoms with Gasteiger partial charge in [-0.2, -0.15) is 0 Å². The molecule has 1 aromatic rings. The molecule has 0 saturated heterocycles. The zero-order valence-electron chi connectivity index (χ0n) is 13.9. The molecule has 1 N–H and O–H groups in total. The van der Waals surface area contributed by atoms with Crippen molar-refractivity contribution in [1.29, 1.82) is 0 Å². The molecule has 0 aliphatic carbocycles. The molecule has 0 saturated carbocycles. The fourth-order valence-corrected chi connectivity index (χ4v) is 3.41. The van der Waals surface area contributed by atoms with Gasteiger partial charge in [0.15, 0.2) is 0 Å². The molecule has 4 heteroatoms.